The van der Waals surface area contributed by atoms with E-state index in [1.165, 1.54) is 11.8 Å². The standard InChI is InChI=1S/C14H17N/c1-4-5-14(12(3)10-15)13-8-6-11(2)7-9-13/h5-10,15H,3-4H2,1-2H3/b14-5+,15-10?. The van der Waals surface area contributed by atoms with E-state index in [4.69, 9.17) is 5.41 Å². The lowest BCUT2D eigenvalue weighted by Gasteiger charge is -2.07. The van der Waals surface area contributed by atoms with Crippen molar-refractivity contribution >= 4 is 11.8 Å². The topological polar surface area (TPSA) is 23.9 Å². The van der Waals surface area contributed by atoms with Gasteiger partial charge in [-0.2, -0.15) is 0 Å². The van der Waals surface area contributed by atoms with Crippen LogP contribution in [0.25, 0.3) is 5.57 Å². The molecule has 0 aromatic heterocycles. The van der Waals surface area contributed by atoms with E-state index in [1.54, 1.807) is 0 Å². The van der Waals surface area contributed by atoms with Gasteiger partial charge in [-0.05, 0) is 30.1 Å². The number of benzene rings is 1. The Morgan fingerprint density at radius 2 is 1.93 bits per heavy atom. The van der Waals surface area contributed by atoms with Gasteiger partial charge in [0.1, 0.15) is 0 Å². The maximum Gasteiger partial charge on any atom is 0.0250 e. The van der Waals surface area contributed by atoms with Crippen molar-refractivity contribution in [1.29, 1.82) is 5.41 Å². The Morgan fingerprint density at radius 1 is 1.33 bits per heavy atom. The first-order valence-corrected chi connectivity index (χ1v) is 5.16. The minimum atomic E-state index is 0.765. The van der Waals surface area contributed by atoms with Gasteiger partial charge < -0.3 is 5.41 Å². The van der Waals surface area contributed by atoms with Gasteiger partial charge in [0, 0.05) is 6.21 Å². The monoisotopic (exact) mass is 199 g/mol. The fourth-order valence-corrected chi connectivity index (χ4v) is 1.45. The molecule has 0 amide bonds. The molecule has 1 heteroatoms. The number of rotatable bonds is 4. The van der Waals surface area contributed by atoms with E-state index >= 15 is 0 Å². The van der Waals surface area contributed by atoms with E-state index < -0.39 is 0 Å². The molecule has 1 N–H and O–H groups in total. The molecule has 0 spiro atoms. The molecule has 78 valence electrons. The maximum absolute atomic E-state index is 7.24. The average molecular weight is 199 g/mol. The Bertz CT molecular complexity index is 382. The van der Waals surface area contributed by atoms with E-state index in [0.29, 0.717) is 0 Å². The Kier molecular flexibility index (Phi) is 4.04. The summed E-state index contributed by atoms with van der Waals surface area (Å²) in [6.45, 7) is 8.04. The minimum Gasteiger partial charge on any atom is -0.308 e. The van der Waals surface area contributed by atoms with Crippen LogP contribution in [0.1, 0.15) is 24.5 Å². The molecule has 1 nitrogen and oxygen atoms in total. The van der Waals surface area contributed by atoms with E-state index in [0.717, 1.165) is 23.1 Å². The molecule has 0 aliphatic carbocycles. The molecule has 0 aliphatic rings. The third-order valence-corrected chi connectivity index (χ3v) is 2.29. The highest BCUT2D eigenvalue weighted by atomic mass is 14.3. The molecule has 1 aromatic rings. The number of nitrogens with one attached hydrogen (secondary N) is 1. The third kappa shape index (κ3) is 2.91. The molecular weight excluding hydrogens is 182 g/mol. The lowest BCUT2D eigenvalue weighted by molar-refractivity contribution is 1.22. The summed E-state index contributed by atoms with van der Waals surface area (Å²) in [5.74, 6) is 0. The largest absolute Gasteiger partial charge is 0.308 e. The normalized spacial score (nSPS) is 11.2. The number of aryl methyl sites for hydroxylation is 1. The molecule has 0 atom stereocenters. The van der Waals surface area contributed by atoms with Crippen molar-refractivity contribution in [3.8, 4) is 0 Å². The van der Waals surface area contributed by atoms with Gasteiger partial charge in [-0.1, -0.05) is 49.4 Å². The zero-order chi connectivity index (χ0) is 11.3. The van der Waals surface area contributed by atoms with Crippen molar-refractivity contribution in [2.24, 2.45) is 0 Å². The van der Waals surface area contributed by atoms with Crippen molar-refractivity contribution in [3.63, 3.8) is 0 Å². The molecule has 0 heterocycles. The highest BCUT2D eigenvalue weighted by Crippen LogP contribution is 2.21. The van der Waals surface area contributed by atoms with Crippen molar-refractivity contribution in [2.45, 2.75) is 20.3 Å². The molecule has 1 aromatic carbocycles. The number of allylic oxidation sites excluding steroid dienone is 3. The van der Waals surface area contributed by atoms with E-state index in [1.807, 2.05) is 0 Å². The van der Waals surface area contributed by atoms with Crippen LogP contribution in [0.3, 0.4) is 0 Å². The summed E-state index contributed by atoms with van der Waals surface area (Å²) in [7, 11) is 0. The van der Waals surface area contributed by atoms with Gasteiger partial charge in [0.15, 0.2) is 0 Å². The molecule has 0 saturated carbocycles. The van der Waals surface area contributed by atoms with E-state index in [2.05, 4.69) is 50.8 Å². The van der Waals surface area contributed by atoms with Gasteiger partial charge >= 0.3 is 0 Å². The van der Waals surface area contributed by atoms with Crippen LogP contribution in [0.4, 0.5) is 0 Å². The molecule has 0 bridgehead atoms. The molecular formula is C14H17N. The number of hydrogen-bond donors (Lipinski definition) is 1. The van der Waals surface area contributed by atoms with Crippen LogP contribution in [0.15, 0.2) is 42.5 Å². The molecule has 0 fully saturated rings. The second-order valence-electron chi connectivity index (χ2n) is 3.56. The summed E-state index contributed by atoms with van der Waals surface area (Å²) in [5, 5.41) is 7.24. The zero-order valence-corrected chi connectivity index (χ0v) is 9.38. The Hall–Kier alpha value is -1.63. The lowest BCUT2D eigenvalue weighted by atomic mass is 9.98. The summed E-state index contributed by atoms with van der Waals surface area (Å²) < 4.78 is 0. The predicted molar refractivity (Wildman–Crippen MR) is 67.4 cm³/mol. The van der Waals surface area contributed by atoms with Crippen molar-refractivity contribution < 1.29 is 0 Å². The van der Waals surface area contributed by atoms with Gasteiger partial charge in [-0.15, -0.1) is 0 Å². The van der Waals surface area contributed by atoms with Gasteiger partial charge in [-0.3, -0.25) is 0 Å². The Morgan fingerprint density at radius 3 is 2.40 bits per heavy atom. The second-order valence-corrected chi connectivity index (χ2v) is 3.56. The summed E-state index contributed by atoms with van der Waals surface area (Å²) in [6.07, 6.45) is 4.37. The summed E-state index contributed by atoms with van der Waals surface area (Å²) in [6, 6.07) is 8.31. The third-order valence-electron chi connectivity index (χ3n) is 2.29. The SMILES string of the molecule is C=C(C=N)/C(=C\CC)c1ccc(C)cc1. The fourth-order valence-electron chi connectivity index (χ4n) is 1.45. The molecule has 15 heavy (non-hydrogen) atoms. The molecule has 0 unspecified atom stereocenters. The first-order chi connectivity index (χ1) is 7.19. The summed E-state index contributed by atoms with van der Waals surface area (Å²) >= 11 is 0. The first kappa shape index (κ1) is 11.4. The van der Waals surface area contributed by atoms with Crippen LogP contribution >= 0.6 is 0 Å². The van der Waals surface area contributed by atoms with Crippen molar-refractivity contribution in [2.75, 3.05) is 0 Å². The quantitative estimate of drug-likeness (QED) is 0.560. The van der Waals surface area contributed by atoms with Gasteiger partial charge in [0.05, 0.1) is 0 Å². The van der Waals surface area contributed by atoms with E-state index in [-0.39, 0.29) is 0 Å². The van der Waals surface area contributed by atoms with Crippen LogP contribution < -0.4 is 0 Å². The zero-order valence-electron chi connectivity index (χ0n) is 9.38. The van der Waals surface area contributed by atoms with Crippen LogP contribution in [0.5, 0.6) is 0 Å². The second kappa shape index (κ2) is 5.30. The van der Waals surface area contributed by atoms with E-state index in [9.17, 15) is 0 Å². The molecule has 0 radical (unpaired) electrons. The Balaban J connectivity index is 3.10. The number of hydrogen-bond acceptors (Lipinski definition) is 1. The minimum absolute atomic E-state index is 0.765. The van der Waals surface area contributed by atoms with Crippen LogP contribution in [0, 0.1) is 12.3 Å². The lowest BCUT2D eigenvalue weighted by Crippen LogP contribution is -1.90. The fraction of sp³-hybridized carbons (Fsp3) is 0.214. The highest BCUT2D eigenvalue weighted by Gasteiger charge is 2.02. The summed E-state index contributed by atoms with van der Waals surface area (Å²) in [4.78, 5) is 0. The van der Waals surface area contributed by atoms with Crippen LogP contribution in [-0.2, 0) is 0 Å². The van der Waals surface area contributed by atoms with Gasteiger partial charge in [0.2, 0.25) is 0 Å². The van der Waals surface area contributed by atoms with Crippen LogP contribution in [0.2, 0.25) is 0 Å². The van der Waals surface area contributed by atoms with Gasteiger partial charge in [0.25, 0.3) is 0 Å². The van der Waals surface area contributed by atoms with Gasteiger partial charge in [-0.25, -0.2) is 0 Å². The Labute approximate surface area is 91.7 Å². The van der Waals surface area contributed by atoms with Crippen molar-refractivity contribution in [3.05, 3.63) is 53.6 Å². The average Bonchev–Trinajstić information content (AvgIpc) is 2.26. The smallest absolute Gasteiger partial charge is 0.0250 e. The molecule has 0 saturated heterocycles. The van der Waals surface area contributed by atoms with Crippen LogP contribution in [-0.4, -0.2) is 6.21 Å². The van der Waals surface area contributed by atoms with Crippen molar-refractivity contribution in [1.82, 2.24) is 0 Å². The molecule has 1 rings (SSSR count). The maximum atomic E-state index is 7.24. The predicted octanol–water partition coefficient (Wildman–Crippen LogP) is 3.99. The molecule has 0 aliphatic heterocycles. The summed E-state index contributed by atoms with van der Waals surface area (Å²) in [5.41, 5.74) is 4.21. The first-order valence-electron chi connectivity index (χ1n) is 5.16. The highest BCUT2D eigenvalue weighted by molar-refractivity contribution is 5.98.